The molecule has 2 aromatic rings. The zero-order valence-corrected chi connectivity index (χ0v) is 16.4. The highest BCUT2D eigenvalue weighted by molar-refractivity contribution is 7.89. The Kier molecular flexibility index (Phi) is 7.05. The van der Waals surface area contributed by atoms with Gasteiger partial charge in [-0.25, -0.2) is 17.6 Å². The van der Waals surface area contributed by atoms with Gasteiger partial charge in [0.25, 0.3) is 0 Å². The number of rotatable bonds is 8. The van der Waals surface area contributed by atoms with Crippen LogP contribution in [0.2, 0.25) is 0 Å². The SMILES string of the molecule is CCN(CC(=O)NCc1cccs1)S(=O)(=O)c1cccc(F)c1C(=O)OC. The summed E-state index contributed by atoms with van der Waals surface area (Å²) in [4.78, 5) is 24.4. The lowest BCUT2D eigenvalue weighted by Crippen LogP contribution is -2.40. The van der Waals surface area contributed by atoms with E-state index in [2.05, 4.69) is 10.1 Å². The fourth-order valence-electron chi connectivity index (χ4n) is 2.34. The number of thiophene rings is 1. The van der Waals surface area contributed by atoms with Crippen molar-refractivity contribution in [3.63, 3.8) is 0 Å². The molecule has 1 amide bonds. The Morgan fingerprint density at radius 3 is 2.59 bits per heavy atom. The van der Waals surface area contributed by atoms with Crippen LogP contribution in [-0.2, 0) is 26.1 Å². The van der Waals surface area contributed by atoms with Crippen molar-refractivity contribution in [2.45, 2.75) is 18.4 Å². The number of amides is 1. The van der Waals surface area contributed by atoms with E-state index in [4.69, 9.17) is 0 Å². The molecule has 1 N–H and O–H groups in total. The smallest absolute Gasteiger partial charge is 0.342 e. The molecule has 0 bridgehead atoms. The molecular weight excluding hydrogens is 395 g/mol. The molecule has 1 aromatic heterocycles. The number of carbonyl (C=O) groups is 2. The molecule has 2 rings (SSSR count). The molecule has 0 spiro atoms. The summed E-state index contributed by atoms with van der Waals surface area (Å²) in [7, 11) is -3.26. The molecule has 0 aliphatic carbocycles. The summed E-state index contributed by atoms with van der Waals surface area (Å²) >= 11 is 1.46. The zero-order chi connectivity index (χ0) is 20.0. The predicted molar refractivity (Wildman–Crippen MR) is 98.3 cm³/mol. The molecule has 0 radical (unpaired) electrons. The van der Waals surface area contributed by atoms with Crippen molar-refractivity contribution in [2.24, 2.45) is 0 Å². The molecule has 0 saturated carbocycles. The number of methoxy groups -OCH3 is 1. The minimum Gasteiger partial charge on any atom is -0.465 e. The van der Waals surface area contributed by atoms with Gasteiger partial charge in [0, 0.05) is 11.4 Å². The second-order valence-electron chi connectivity index (χ2n) is 5.39. The number of nitrogens with one attached hydrogen (secondary N) is 1. The van der Waals surface area contributed by atoms with Crippen LogP contribution < -0.4 is 5.32 Å². The third-order valence-corrected chi connectivity index (χ3v) is 6.53. The first-order valence-corrected chi connectivity index (χ1v) is 10.3. The van der Waals surface area contributed by atoms with Crippen LogP contribution >= 0.6 is 11.3 Å². The molecule has 0 unspecified atom stereocenters. The van der Waals surface area contributed by atoms with Crippen molar-refractivity contribution in [1.82, 2.24) is 9.62 Å². The van der Waals surface area contributed by atoms with Crippen molar-refractivity contribution in [3.8, 4) is 0 Å². The zero-order valence-electron chi connectivity index (χ0n) is 14.8. The maximum absolute atomic E-state index is 14.1. The highest BCUT2D eigenvalue weighted by Gasteiger charge is 2.31. The van der Waals surface area contributed by atoms with Crippen LogP contribution in [0.4, 0.5) is 4.39 Å². The Bertz CT molecular complexity index is 913. The Hall–Kier alpha value is -2.30. The minimum absolute atomic E-state index is 0.0358. The molecule has 0 aliphatic heterocycles. The Labute approximate surface area is 160 Å². The van der Waals surface area contributed by atoms with E-state index >= 15 is 0 Å². The molecule has 27 heavy (non-hydrogen) atoms. The molecular formula is C17H19FN2O5S2. The minimum atomic E-state index is -4.29. The van der Waals surface area contributed by atoms with Gasteiger partial charge in [-0.2, -0.15) is 4.31 Å². The molecule has 1 aromatic carbocycles. The van der Waals surface area contributed by atoms with Crippen molar-refractivity contribution < 1.29 is 27.1 Å². The van der Waals surface area contributed by atoms with Gasteiger partial charge in [-0.1, -0.05) is 19.1 Å². The highest BCUT2D eigenvalue weighted by Crippen LogP contribution is 2.23. The number of nitrogens with zero attached hydrogens (tertiary/aromatic N) is 1. The molecule has 0 aliphatic rings. The summed E-state index contributed by atoms with van der Waals surface area (Å²) in [6.07, 6.45) is 0. The predicted octanol–water partition coefficient (Wildman–Crippen LogP) is 2.00. The molecule has 7 nitrogen and oxygen atoms in total. The van der Waals surface area contributed by atoms with E-state index in [1.54, 1.807) is 6.92 Å². The maximum Gasteiger partial charge on any atom is 0.342 e. The average Bonchev–Trinajstić information content (AvgIpc) is 3.17. The first-order valence-electron chi connectivity index (χ1n) is 7.97. The Morgan fingerprint density at radius 1 is 1.26 bits per heavy atom. The van der Waals surface area contributed by atoms with E-state index in [1.165, 1.54) is 17.4 Å². The van der Waals surface area contributed by atoms with Crippen LogP contribution in [0.1, 0.15) is 22.2 Å². The third-order valence-electron chi connectivity index (χ3n) is 3.70. The van der Waals surface area contributed by atoms with Crippen LogP contribution in [0, 0.1) is 5.82 Å². The normalized spacial score (nSPS) is 11.4. The number of hydrogen-bond acceptors (Lipinski definition) is 6. The summed E-state index contributed by atoms with van der Waals surface area (Å²) in [5.74, 6) is -2.63. The van der Waals surface area contributed by atoms with E-state index in [0.29, 0.717) is 0 Å². The van der Waals surface area contributed by atoms with Crippen molar-refractivity contribution in [2.75, 3.05) is 20.2 Å². The van der Waals surface area contributed by atoms with E-state index in [0.717, 1.165) is 28.4 Å². The Balaban J connectivity index is 2.24. The number of sulfonamides is 1. The summed E-state index contributed by atoms with van der Waals surface area (Å²) in [6, 6.07) is 6.94. The fraction of sp³-hybridized carbons (Fsp3) is 0.294. The van der Waals surface area contributed by atoms with Crippen LogP contribution in [-0.4, -0.2) is 44.8 Å². The molecule has 0 fully saturated rings. The second-order valence-corrected chi connectivity index (χ2v) is 8.33. The van der Waals surface area contributed by atoms with Crippen LogP contribution in [0.5, 0.6) is 0 Å². The number of esters is 1. The number of benzene rings is 1. The first-order chi connectivity index (χ1) is 12.8. The number of ether oxygens (including phenoxy) is 1. The first kappa shape index (κ1) is 21.0. The average molecular weight is 414 g/mol. The van der Waals surface area contributed by atoms with Gasteiger partial charge in [0.1, 0.15) is 11.4 Å². The monoisotopic (exact) mass is 414 g/mol. The van der Waals surface area contributed by atoms with Crippen LogP contribution in [0.25, 0.3) is 0 Å². The van der Waals surface area contributed by atoms with Gasteiger partial charge in [-0.05, 0) is 23.6 Å². The van der Waals surface area contributed by atoms with Crippen molar-refractivity contribution in [1.29, 1.82) is 0 Å². The van der Waals surface area contributed by atoms with E-state index in [-0.39, 0.29) is 13.1 Å². The molecule has 10 heteroatoms. The standard InChI is InChI=1S/C17H19FN2O5S2/c1-3-20(11-15(21)19-10-12-6-5-9-26-12)27(23,24)14-8-4-7-13(18)16(14)17(22)25-2/h4-9H,3,10-11H2,1-2H3,(H,19,21). The van der Waals surface area contributed by atoms with Gasteiger partial charge in [0.05, 0.1) is 25.1 Å². The lowest BCUT2D eigenvalue weighted by molar-refractivity contribution is -0.121. The van der Waals surface area contributed by atoms with E-state index < -0.39 is 44.7 Å². The molecule has 0 saturated heterocycles. The largest absolute Gasteiger partial charge is 0.465 e. The summed E-state index contributed by atoms with van der Waals surface area (Å²) in [5, 5.41) is 4.50. The quantitative estimate of drug-likeness (QED) is 0.667. The number of halogens is 1. The van der Waals surface area contributed by atoms with Gasteiger partial charge in [-0.3, -0.25) is 4.79 Å². The summed E-state index contributed by atoms with van der Waals surface area (Å²) in [6.45, 7) is 1.33. The summed E-state index contributed by atoms with van der Waals surface area (Å²) in [5.41, 5.74) is -0.683. The van der Waals surface area contributed by atoms with Crippen molar-refractivity contribution >= 4 is 33.2 Å². The lowest BCUT2D eigenvalue weighted by atomic mass is 10.2. The summed E-state index contributed by atoms with van der Waals surface area (Å²) < 4.78 is 45.2. The van der Waals surface area contributed by atoms with Gasteiger partial charge < -0.3 is 10.1 Å². The van der Waals surface area contributed by atoms with Gasteiger partial charge >= 0.3 is 5.97 Å². The van der Waals surface area contributed by atoms with Crippen molar-refractivity contribution in [3.05, 3.63) is 52.0 Å². The number of hydrogen-bond donors (Lipinski definition) is 1. The number of carbonyl (C=O) groups excluding carboxylic acids is 2. The second kappa shape index (κ2) is 9.07. The van der Waals surface area contributed by atoms with Crippen LogP contribution in [0.3, 0.4) is 0 Å². The lowest BCUT2D eigenvalue weighted by Gasteiger charge is -2.21. The van der Waals surface area contributed by atoms with E-state index in [9.17, 15) is 22.4 Å². The third kappa shape index (κ3) is 4.90. The topological polar surface area (TPSA) is 92.8 Å². The van der Waals surface area contributed by atoms with Gasteiger partial charge in [0.2, 0.25) is 15.9 Å². The fourth-order valence-corrected chi connectivity index (χ4v) is 4.58. The van der Waals surface area contributed by atoms with Gasteiger partial charge in [0.15, 0.2) is 0 Å². The Morgan fingerprint density at radius 2 is 2.00 bits per heavy atom. The number of likely N-dealkylation sites (N-methyl/N-ethyl adjacent to an activating group) is 1. The molecule has 0 atom stereocenters. The maximum atomic E-state index is 14.1. The highest BCUT2D eigenvalue weighted by atomic mass is 32.2. The molecule has 1 heterocycles. The van der Waals surface area contributed by atoms with Gasteiger partial charge in [-0.15, -0.1) is 11.3 Å². The van der Waals surface area contributed by atoms with Crippen LogP contribution in [0.15, 0.2) is 40.6 Å². The van der Waals surface area contributed by atoms with E-state index in [1.807, 2.05) is 17.5 Å². The molecule has 146 valence electrons.